The van der Waals surface area contributed by atoms with Crippen LogP contribution in [-0.2, 0) is 0 Å². The van der Waals surface area contributed by atoms with E-state index in [0.717, 1.165) is 5.56 Å². The summed E-state index contributed by atoms with van der Waals surface area (Å²) in [6.45, 7) is 0.483. The maximum Gasteiger partial charge on any atom is 0.389 e. The van der Waals surface area contributed by atoms with Crippen molar-refractivity contribution < 1.29 is 13.2 Å². The van der Waals surface area contributed by atoms with Crippen molar-refractivity contribution >= 4 is 0 Å². The molecular formula is C14H17F3N2. The van der Waals surface area contributed by atoms with Crippen LogP contribution in [0.5, 0.6) is 0 Å². The molecule has 0 amide bonds. The molecule has 0 radical (unpaired) electrons. The lowest BCUT2D eigenvalue weighted by Gasteiger charge is -2.16. The van der Waals surface area contributed by atoms with Crippen molar-refractivity contribution in [3.63, 3.8) is 0 Å². The van der Waals surface area contributed by atoms with Crippen LogP contribution in [0.3, 0.4) is 0 Å². The zero-order valence-electron chi connectivity index (χ0n) is 10.6. The predicted octanol–water partition coefficient (Wildman–Crippen LogP) is 3.96. The van der Waals surface area contributed by atoms with Crippen molar-refractivity contribution in [1.29, 1.82) is 5.26 Å². The highest BCUT2D eigenvalue weighted by atomic mass is 19.4. The fourth-order valence-corrected chi connectivity index (χ4v) is 1.81. The quantitative estimate of drug-likeness (QED) is 0.761. The van der Waals surface area contributed by atoms with E-state index in [4.69, 9.17) is 5.26 Å². The number of benzene rings is 1. The number of halogens is 3. The van der Waals surface area contributed by atoms with Crippen molar-refractivity contribution in [2.75, 3.05) is 6.54 Å². The van der Waals surface area contributed by atoms with E-state index in [0.29, 0.717) is 19.4 Å². The molecule has 19 heavy (non-hydrogen) atoms. The Bertz CT molecular complexity index is 395. The van der Waals surface area contributed by atoms with Crippen LogP contribution >= 0.6 is 0 Å². The van der Waals surface area contributed by atoms with Gasteiger partial charge in [0.1, 0.15) is 0 Å². The lowest BCUT2D eigenvalue weighted by Crippen LogP contribution is -2.22. The van der Waals surface area contributed by atoms with Gasteiger partial charge in [0, 0.05) is 12.5 Å². The molecular weight excluding hydrogens is 253 g/mol. The van der Waals surface area contributed by atoms with Crippen LogP contribution in [0.25, 0.3) is 0 Å². The second kappa shape index (κ2) is 7.80. The molecule has 0 heterocycles. The van der Waals surface area contributed by atoms with Gasteiger partial charge in [-0.3, -0.25) is 0 Å². The summed E-state index contributed by atoms with van der Waals surface area (Å²) in [7, 11) is 0. The summed E-state index contributed by atoms with van der Waals surface area (Å²) >= 11 is 0. The van der Waals surface area contributed by atoms with Crippen molar-refractivity contribution in [1.82, 2.24) is 5.32 Å². The van der Waals surface area contributed by atoms with E-state index in [9.17, 15) is 13.2 Å². The lowest BCUT2D eigenvalue weighted by molar-refractivity contribution is -0.135. The number of unbranched alkanes of at least 4 members (excludes halogenated alkanes) is 1. The van der Waals surface area contributed by atoms with Gasteiger partial charge in [0.2, 0.25) is 0 Å². The molecule has 1 N–H and O–H groups in total. The van der Waals surface area contributed by atoms with E-state index in [2.05, 4.69) is 11.4 Å². The number of nitriles is 1. The van der Waals surface area contributed by atoms with Crippen LogP contribution in [-0.4, -0.2) is 12.7 Å². The third-order valence-electron chi connectivity index (χ3n) is 2.78. The molecule has 0 spiro atoms. The minimum atomic E-state index is -4.08. The van der Waals surface area contributed by atoms with Gasteiger partial charge in [0.05, 0.1) is 12.5 Å². The predicted molar refractivity (Wildman–Crippen MR) is 67.3 cm³/mol. The molecule has 0 aromatic heterocycles. The zero-order chi connectivity index (χ0) is 14.1. The Hall–Kier alpha value is -1.54. The van der Waals surface area contributed by atoms with Crippen LogP contribution in [0.1, 0.15) is 37.3 Å². The summed E-state index contributed by atoms with van der Waals surface area (Å²) in [5.74, 6) is 0. The van der Waals surface area contributed by atoms with E-state index in [1.165, 1.54) is 0 Å². The highest BCUT2D eigenvalue weighted by Gasteiger charge is 2.25. The molecule has 1 aromatic rings. The number of hydrogen-bond acceptors (Lipinski definition) is 2. The average molecular weight is 270 g/mol. The van der Waals surface area contributed by atoms with Gasteiger partial charge < -0.3 is 5.32 Å². The number of nitrogens with zero attached hydrogens (tertiary/aromatic N) is 1. The Balaban J connectivity index is 2.34. The number of rotatable bonds is 7. The minimum Gasteiger partial charge on any atom is -0.309 e. The van der Waals surface area contributed by atoms with Gasteiger partial charge in [-0.1, -0.05) is 30.3 Å². The van der Waals surface area contributed by atoms with E-state index >= 15 is 0 Å². The van der Waals surface area contributed by atoms with Gasteiger partial charge in [0.25, 0.3) is 0 Å². The Morgan fingerprint density at radius 3 is 2.42 bits per heavy atom. The van der Waals surface area contributed by atoms with Gasteiger partial charge >= 0.3 is 6.18 Å². The minimum absolute atomic E-state index is 0.114. The van der Waals surface area contributed by atoms with Crippen molar-refractivity contribution in [2.24, 2.45) is 0 Å². The highest BCUT2D eigenvalue weighted by Crippen LogP contribution is 2.22. The van der Waals surface area contributed by atoms with Gasteiger partial charge in [-0.05, 0) is 24.9 Å². The smallest absolute Gasteiger partial charge is 0.309 e. The highest BCUT2D eigenvalue weighted by molar-refractivity contribution is 5.19. The maximum absolute atomic E-state index is 12.0. The number of alkyl halides is 3. The summed E-state index contributed by atoms with van der Waals surface area (Å²) in [5.41, 5.74) is 0.986. The van der Waals surface area contributed by atoms with Gasteiger partial charge in [-0.2, -0.15) is 18.4 Å². The Morgan fingerprint density at radius 1 is 1.16 bits per heavy atom. The van der Waals surface area contributed by atoms with Gasteiger partial charge in [-0.15, -0.1) is 0 Å². The second-order valence-electron chi connectivity index (χ2n) is 4.35. The Kier molecular flexibility index (Phi) is 6.37. The van der Waals surface area contributed by atoms with Crippen LogP contribution in [0.15, 0.2) is 30.3 Å². The topological polar surface area (TPSA) is 35.8 Å². The van der Waals surface area contributed by atoms with Crippen LogP contribution in [0.4, 0.5) is 13.2 Å². The van der Waals surface area contributed by atoms with Gasteiger partial charge in [0.15, 0.2) is 0 Å². The first-order valence-corrected chi connectivity index (χ1v) is 6.25. The first kappa shape index (κ1) is 15.5. The normalized spacial score (nSPS) is 12.9. The van der Waals surface area contributed by atoms with Crippen LogP contribution < -0.4 is 5.32 Å². The molecule has 0 fully saturated rings. The van der Waals surface area contributed by atoms with Crippen molar-refractivity contribution in [3.8, 4) is 6.07 Å². The first-order chi connectivity index (χ1) is 9.03. The molecule has 104 valence electrons. The summed E-state index contributed by atoms with van der Waals surface area (Å²) < 4.78 is 35.9. The SMILES string of the molecule is N#CCC(NCCCCC(F)(F)F)c1ccccc1. The van der Waals surface area contributed by atoms with Crippen LogP contribution in [0.2, 0.25) is 0 Å². The molecule has 1 aromatic carbocycles. The van der Waals surface area contributed by atoms with E-state index in [1.54, 1.807) is 0 Å². The molecule has 0 aliphatic carbocycles. The fourth-order valence-electron chi connectivity index (χ4n) is 1.81. The van der Waals surface area contributed by atoms with E-state index in [-0.39, 0.29) is 12.5 Å². The second-order valence-corrected chi connectivity index (χ2v) is 4.35. The molecule has 5 heteroatoms. The zero-order valence-corrected chi connectivity index (χ0v) is 10.6. The molecule has 0 saturated heterocycles. The third kappa shape index (κ3) is 6.82. The van der Waals surface area contributed by atoms with Crippen LogP contribution in [0, 0.1) is 11.3 Å². The first-order valence-electron chi connectivity index (χ1n) is 6.25. The van der Waals surface area contributed by atoms with E-state index < -0.39 is 12.6 Å². The average Bonchev–Trinajstić information content (AvgIpc) is 2.37. The summed E-state index contributed by atoms with van der Waals surface area (Å²) in [6.07, 6.45) is -3.95. The molecule has 0 bridgehead atoms. The largest absolute Gasteiger partial charge is 0.389 e. The summed E-state index contributed by atoms with van der Waals surface area (Å²) in [6, 6.07) is 11.4. The monoisotopic (exact) mass is 270 g/mol. The summed E-state index contributed by atoms with van der Waals surface area (Å²) in [4.78, 5) is 0. The van der Waals surface area contributed by atoms with Crippen molar-refractivity contribution in [2.45, 2.75) is 37.9 Å². The lowest BCUT2D eigenvalue weighted by atomic mass is 10.0. The Morgan fingerprint density at radius 2 is 1.84 bits per heavy atom. The number of nitrogens with one attached hydrogen (secondary N) is 1. The molecule has 1 atom stereocenters. The fraction of sp³-hybridized carbons (Fsp3) is 0.500. The molecule has 0 aliphatic heterocycles. The summed E-state index contributed by atoms with van der Waals surface area (Å²) in [5, 5.41) is 11.9. The maximum atomic E-state index is 12.0. The molecule has 0 aliphatic rings. The molecule has 2 nitrogen and oxygen atoms in total. The molecule has 0 saturated carbocycles. The standard InChI is InChI=1S/C14H17F3N2/c15-14(16,17)9-4-5-11-19-13(8-10-18)12-6-2-1-3-7-12/h1-3,6-7,13,19H,4-5,8-9,11H2. The third-order valence-corrected chi connectivity index (χ3v) is 2.78. The molecule has 1 unspecified atom stereocenters. The molecule has 1 rings (SSSR count). The van der Waals surface area contributed by atoms with Crippen molar-refractivity contribution in [3.05, 3.63) is 35.9 Å². The van der Waals surface area contributed by atoms with Gasteiger partial charge in [-0.25, -0.2) is 0 Å². The Labute approximate surface area is 111 Å². The van der Waals surface area contributed by atoms with E-state index in [1.807, 2.05) is 30.3 Å². The number of hydrogen-bond donors (Lipinski definition) is 1.